The lowest BCUT2D eigenvalue weighted by molar-refractivity contribution is -0.132. The quantitative estimate of drug-likeness (QED) is 0.795. The standard InChI is InChI=1S/C24H28FN3O/c25-22-14-17(3-6-21(22)18-4-5-18)15-24(29)27-12-8-20(9-13-27)28-11-7-19-2-1-10-26-23(19)16-28/h1-3,6,10,14,18,20H,4-5,7-9,11-13,15-16H2. The van der Waals surface area contributed by atoms with E-state index in [1.54, 1.807) is 6.07 Å². The first kappa shape index (κ1) is 18.7. The molecule has 2 aromatic rings. The Morgan fingerprint density at radius 3 is 2.69 bits per heavy atom. The third-order valence-electron chi connectivity index (χ3n) is 6.78. The van der Waals surface area contributed by atoms with Crippen molar-refractivity contribution in [3.05, 3.63) is 64.7 Å². The highest BCUT2D eigenvalue weighted by molar-refractivity contribution is 5.78. The van der Waals surface area contributed by atoms with Gasteiger partial charge in [-0.3, -0.25) is 14.7 Å². The van der Waals surface area contributed by atoms with Gasteiger partial charge in [0.15, 0.2) is 0 Å². The third kappa shape index (κ3) is 4.06. The summed E-state index contributed by atoms with van der Waals surface area (Å²) in [5.74, 6) is 0.374. The molecular weight excluding hydrogens is 365 g/mol. The van der Waals surface area contributed by atoms with Crippen LogP contribution in [0.4, 0.5) is 4.39 Å². The molecule has 0 bridgehead atoms. The number of halogens is 1. The summed E-state index contributed by atoms with van der Waals surface area (Å²) >= 11 is 0. The fourth-order valence-corrected chi connectivity index (χ4v) is 4.86. The predicted molar refractivity (Wildman–Crippen MR) is 110 cm³/mol. The van der Waals surface area contributed by atoms with Gasteiger partial charge >= 0.3 is 0 Å². The van der Waals surface area contributed by atoms with E-state index in [0.717, 1.165) is 69.4 Å². The van der Waals surface area contributed by atoms with Crippen molar-refractivity contribution in [1.82, 2.24) is 14.8 Å². The highest BCUT2D eigenvalue weighted by Gasteiger charge is 2.30. The molecule has 2 aliphatic heterocycles. The number of pyridine rings is 1. The molecule has 2 fully saturated rings. The van der Waals surface area contributed by atoms with Crippen molar-refractivity contribution in [2.45, 2.75) is 57.0 Å². The minimum Gasteiger partial charge on any atom is -0.342 e. The Hall–Kier alpha value is -2.27. The van der Waals surface area contributed by atoms with E-state index in [-0.39, 0.29) is 11.7 Å². The Labute approximate surface area is 171 Å². The van der Waals surface area contributed by atoms with Crippen molar-refractivity contribution in [1.29, 1.82) is 0 Å². The number of fused-ring (bicyclic) bond motifs is 1. The molecule has 4 nitrogen and oxygen atoms in total. The van der Waals surface area contributed by atoms with Crippen LogP contribution >= 0.6 is 0 Å². The number of carbonyl (C=O) groups excluding carboxylic acids is 1. The van der Waals surface area contributed by atoms with Gasteiger partial charge in [0.05, 0.1) is 12.1 Å². The van der Waals surface area contributed by atoms with E-state index in [0.29, 0.717) is 18.4 Å². The van der Waals surface area contributed by atoms with Gasteiger partial charge in [-0.2, -0.15) is 0 Å². The van der Waals surface area contributed by atoms with Crippen molar-refractivity contribution in [2.75, 3.05) is 19.6 Å². The number of hydrogen-bond donors (Lipinski definition) is 0. The minimum absolute atomic E-state index is 0.118. The summed E-state index contributed by atoms with van der Waals surface area (Å²) in [4.78, 5) is 21.8. The van der Waals surface area contributed by atoms with Gasteiger partial charge in [-0.1, -0.05) is 18.2 Å². The zero-order valence-corrected chi connectivity index (χ0v) is 16.8. The molecular formula is C24H28FN3O. The first-order valence-electron chi connectivity index (χ1n) is 10.9. The topological polar surface area (TPSA) is 36.4 Å². The summed E-state index contributed by atoms with van der Waals surface area (Å²) in [5, 5.41) is 0. The summed E-state index contributed by atoms with van der Waals surface area (Å²) < 4.78 is 14.3. The number of nitrogens with zero attached hydrogens (tertiary/aromatic N) is 3. The number of rotatable bonds is 4. The number of benzene rings is 1. The van der Waals surface area contributed by atoms with Crippen molar-refractivity contribution in [2.24, 2.45) is 0 Å². The van der Waals surface area contributed by atoms with Crippen LogP contribution in [0.5, 0.6) is 0 Å². The third-order valence-corrected chi connectivity index (χ3v) is 6.78. The second-order valence-electron chi connectivity index (χ2n) is 8.75. The molecule has 0 radical (unpaired) electrons. The maximum atomic E-state index is 14.3. The molecule has 5 rings (SSSR count). The molecule has 0 N–H and O–H groups in total. The van der Waals surface area contributed by atoms with Crippen LogP contribution in [-0.2, 0) is 24.2 Å². The Bertz CT molecular complexity index is 903. The first-order chi connectivity index (χ1) is 14.2. The molecule has 152 valence electrons. The van der Waals surface area contributed by atoms with Crippen LogP contribution in [0.2, 0.25) is 0 Å². The molecule has 29 heavy (non-hydrogen) atoms. The normalized spacial score (nSPS) is 20.5. The van der Waals surface area contributed by atoms with E-state index in [4.69, 9.17) is 0 Å². The van der Waals surface area contributed by atoms with Gasteiger partial charge < -0.3 is 4.90 Å². The van der Waals surface area contributed by atoms with Gasteiger partial charge in [0.1, 0.15) is 5.82 Å². The Kier molecular flexibility index (Phi) is 5.08. The number of carbonyl (C=O) groups is 1. The summed E-state index contributed by atoms with van der Waals surface area (Å²) in [6, 6.07) is 10.1. The lowest BCUT2D eigenvalue weighted by Crippen LogP contribution is -2.48. The Morgan fingerprint density at radius 1 is 1.10 bits per heavy atom. The van der Waals surface area contributed by atoms with E-state index in [1.165, 1.54) is 11.3 Å². The van der Waals surface area contributed by atoms with Crippen molar-refractivity contribution in [3.63, 3.8) is 0 Å². The van der Waals surface area contributed by atoms with Gasteiger partial charge in [-0.15, -0.1) is 0 Å². The van der Waals surface area contributed by atoms with E-state index in [2.05, 4.69) is 16.0 Å². The Balaban J connectivity index is 1.15. The van der Waals surface area contributed by atoms with Gasteiger partial charge in [0.2, 0.25) is 5.91 Å². The van der Waals surface area contributed by atoms with Crippen LogP contribution in [0.3, 0.4) is 0 Å². The molecule has 3 aliphatic rings. The summed E-state index contributed by atoms with van der Waals surface area (Å²) in [6.45, 7) is 3.57. The number of amides is 1. The highest BCUT2D eigenvalue weighted by Crippen LogP contribution is 2.41. The monoisotopic (exact) mass is 393 g/mol. The van der Waals surface area contributed by atoms with Crippen LogP contribution < -0.4 is 0 Å². The Morgan fingerprint density at radius 2 is 1.93 bits per heavy atom. The second-order valence-corrected chi connectivity index (χ2v) is 8.75. The van der Waals surface area contributed by atoms with Crippen molar-refractivity contribution < 1.29 is 9.18 Å². The summed E-state index contributed by atoms with van der Waals surface area (Å²) in [7, 11) is 0. The van der Waals surface area contributed by atoms with Gasteiger partial charge in [0, 0.05) is 38.4 Å². The van der Waals surface area contributed by atoms with Gasteiger partial charge in [-0.05, 0) is 66.8 Å². The van der Waals surface area contributed by atoms with Crippen LogP contribution in [-0.4, -0.2) is 46.4 Å². The zero-order chi connectivity index (χ0) is 19.8. The van der Waals surface area contributed by atoms with Gasteiger partial charge in [-0.25, -0.2) is 4.39 Å². The van der Waals surface area contributed by atoms with Crippen LogP contribution in [0.15, 0.2) is 36.5 Å². The molecule has 3 heterocycles. The molecule has 5 heteroatoms. The van der Waals surface area contributed by atoms with Crippen LogP contribution in [0.1, 0.15) is 54.0 Å². The average Bonchev–Trinajstić information content (AvgIpc) is 3.59. The molecule has 0 atom stereocenters. The van der Waals surface area contributed by atoms with Crippen LogP contribution in [0.25, 0.3) is 0 Å². The number of piperidine rings is 1. The molecule has 1 aliphatic carbocycles. The van der Waals surface area contributed by atoms with Crippen LogP contribution in [0, 0.1) is 5.82 Å². The van der Waals surface area contributed by atoms with Crippen molar-refractivity contribution in [3.8, 4) is 0 Å². The maximum Gasteiger partial charge on any atom is 0.226 e. The molecule has 1 aromatic heterocycles. The SMILES string of the molecule is O=C(Cc1ccc(C2CC2)c(F)c1)N1CCC(N2CCc3cccnc3C2)CC1. The number of hydrogen-bond acceptors (Lipinski definition) is 3. The molecule has 1 amide bonds. The summed E-state index contributed by atoms with van der Waals surface area (Å²) in [5.41, 5.74) is 4.18. The minimum atomic E-state index is -0.143. The number of aromatic nitrogens is 1. The fraction of sp³-hybridized carbons (Fsp3) is 0.500. The van der Waals surface area contributed by atoms with E-state index >= 15 is 0 Å². The highest BCUT2D eigenvalue weighted by atomic mass is 19.1. The lowest BCUT2D eigenvalue weighted by Gasteiger charge is -2.40. The van der Waals surface area contributed by atoms with E-state index in [9.17, 15) is 9.18 Å². The second kappa shape index (κ2) is 7.86. The molecule has 1 saturated carbocycles. The van der Waals surface area contributed by atoms with E-state index < -0.39 is 0 Å². The number of likely N-dealkylation sites (tertiary alicyclic amines) is 1. The summed E-state index contributed by atoms with van der Waals surface area (Å²) in [6.07, 6.45) is 7.42. The van der Waals surface area contributed by atoms with Crippen molar-refractivity contribution >= 4 is 5.91 Å². The molecule has 0 spiro atoms. The predicted octanol–water partition coefficient (Wildman–Crippen LogP) is 3.69. The van der Waals surface area contributed by atoms with E-state index in [1.807, 2.05) is 29.3 Å². The van der Waals surface area contributed by atoms with Gasteiger partial charge in [0.25, 0.3) is 0 Å². The largest absolute Gasteiger partial charge is 0.342 e. The molecule has 1 aromatic carbocycles. The lowest BCUT2D eigenvalue weighted by atomic mass is 9.97. The maximum absolute atomic E-state index is 14.3. The molecule has 1 saturated heterocycles. The average molecular weight is 394 g/mol. The first-order valence-corrected chi connectivity index (χ1v) is 10.9. The fourth-order valence-electron chi connectivity index (χ4n) is 4.86. The smallest absolute Gasteiger partial charge is 0.226 e. The zero-order valence-electron chi connectivity index (χ0n) is 16.8. The molecule has 0 unspecified atom stereocenters.